The highest BCUT2D eigenvalue weighted by Gasteiger charge is 2.14. The second-order valence-electron chi connectivity index (χ2n) is 4.41. The highest BCUT2D eigenvalue weighted by molar-refractivity contribution is 4.95. The maximum Gasteiger partial charge on any atom is 0.0214 e. The zero-order chi connectivity index (χ0) is 10.9. The molecular weight excluding hydrogens is 184 g/mol. The van der Waals surface area contributed by atoms with Crippen molar-refractivity contribution in [3.63, 3.8) is 0 Å². The van der Waals surface area contributed by atoms with Crippen LogP contribution in [0.2, 0.25) is 0 Å². The van der Waals surface area contributed by atoms with Gasteiger partial charge in [0.1, 0.15) is 0 Å². The van der Waals surface area contributed by atoms with Gasteiger partial charge in [-0.2, -0.15) is 0 Å². The van der Waals surface area contributed by atoms with Crippen LogP contribution in [0.25, 0.3) is 0 Å². The van der Waals surface area contributed by atoms with Gasteiger partial charge in [-0.25, -0.2) is 0 Å². The summed E-state index contributed by atoms with van der Waals surface area (Å²) < 4.78 is 0. The van der Waals surface area contributed by atoms with Crippen LogP contribution in [0.4, 0.5) is 0 Å². The van der Waals surface area contributed by atoms with E-state index in [-0.39, 0.29) is 0 Å². The van der Waals surface area contributed by atoms with Crippen LogP contribution >= 0.6 is 0 Å². The Balaban J connectivity index is 2.05. The third-order valence-electron chi connectivity index (χ3n) is 2.97. The Morgan fingerprint density at radius 1 is 1.47 bits per heavy atom. The van der Waals surface area contributed by atoms with Crippen LogP contribution in [0.15, 0.2) is 0 Å². The van der Waals surface area contributed by atoms with Gasteiger partial charge in [-0.05, 0) is 39.7 Å². The van der Waals surface area contributed by atoms with Crippen LogP contribution < -0.4 is 10.6 Å². The highest BCUT2D eigenvalue weighted by Crippen LogP contribution is 2.11. The summed E-state index contributed by atoms with van der Waals surface area (Å²) in [6.07, 6.45) is 6.31. The lowest BCUT2D eigenvalue weighted by Crippen LogP contribution is -2.40. The number of rotatable bonds is 5. The fraction of sp³-hybridized carbons (Fsp3) is 0.846. The molecule has 0 saturated carbocycles. The largest absolute Gasteiger partial charge is 0.314 e. The lowest BCUT2D eigenvalue weighted by molar-refractivity contribution is 0.346. The third-order valence-corrected chi connectivity index (χ3v) is 2.97. The van der Waals surface area contributed by atoms with Crippen molar-refractivity contribution in [2.75, 3.05) is 13.1 Å². The van der Waals surface area contributed by atoms with E-state index in [1.807, 2.05) is 6.92 Å². The molecule has 86 valence electrons. The second kappa shape index (κ2) is 7.73. The molecule has 2 nitrogen and oxygen atoms in total. The lowest BCUT2D eigenvalue weighted by Gasteiger charge is -2.26. The fourth-order valence-corrected chi connectivity index (χ4v) is 2.14. The first kappa shape index (κ1) is 12.5. The summed E-state index contributed by atoms with van der Waals surface area (Å²) in [7, 11) is 0. The van der Waals surface area contributed by atoms with Crippen LogP contribution in [0.5, 0.6) is 0 Å². The molecule has 15 heavy (non-hydrogen) atoms. The molecule has 2 atom stereocenters. The Morgan fingerprint density at radius 3 is 3.00 bits per heavy atom. The van der Waals surface area contributed by atoms with Crippen LogP contribution in [-0.2, 0) is 0 Å². The Kier molecular flexibility index (Phi) is 6.47. The van der Waals surface area contributed by atoms with Gasteiger partial charge in [0.2, 0.25) is 0 Å². The smallest absolute Gasteiger partial charge is 0.0214 e. The van der Waals surface area contributed by atoms with Gasteiger partial charge >= 0.3 is 0 Å². The zero-order valence-corrected chi connectivity index (χ0v) is 10.1. The quantitative estimate of drug-likeness (QED) is 0.533. The predicted molar refractivity (Wildman–Crippen MR) is 65.8 cm³/mol. The summed E-state index contributed by atoms with van der Waals surface area (Å²) in [6, 6.07) is 1.35. The standard InChI is InChI=1S/C13H24N2/c1-3-4-6-9-14-12(2)11-13-8-5-7-10-15-13/h12-15H,5-11H2,1-2H3. The molecule has 1 aliphatic heterocycles. The molecule has 0 aromatic heterocycles. The number of hydrogen-bond acceptors (Lipinski definition) is 2. The summed E-state index contributed by atoms with van der Waals surface area (Å²) in [5.74, 6) is 6.00. The Labute approximate surface area is 94.2 Å². The van der Waals surface area contributed by atoms with E-state index in [1.165, 1.54) is 32.2 Å². The Bertz CT molecular complexity index is 208. The van der Waals surface area contributed by atoms with E-state index in [0.717, 1.165) is 19.0 Å². The SMILES string of the molecule is CC#CCCNC(C)CC1CCCCN1. The average Bonchev–Trinajstić information content (AvgIpc) is 2.26. The number of piperidine rings is 1. The first-order valence-electron chi connectivity index (χ1n) is 6.19. The van der Waals surface area contributed by atoms with Crippen molar-refractivity contribution >= 4 is 0 Å². The van der Waals surface area contributed by atoms with Crippen molar-refractivity contribution in [2.24, 2.45) is 0 Å². The van der Waals surface area contributed by atoms with Gasteiger partial charge in [-0.3, -0.25) is 0 Å². The molecule has 1 heterocycles. The lowest BCUT2D eigenvalue weighted by atomic mass is 9.99. The minimum atomic E-state index is 0.610. The van der Waals surface area contributed by atoms with E-state index in [1.54, 1.807) is 0 Å². The summed E-state index contributed by atoms with van der Waals surface area (Å²) >= 11 is 0. The molecule has 0 aliphatic carbocycles. The van der Waals surface area contributed by atoms with E-state index in [0.29, 0.717) is 6.04 Å². The molecule has 0 spiro atoms. The van der Waals surface area contributed by atoms with Gasteiger partial charge in [0.25, 0.3) is 0 Å². The zero-order valence-electron chi connectivity index (χ0n) is 10.1. The molecule has 0 aromatic carbocycles. The summed E-state index contributed by atoms with van der Waals surface area (Å²) in [6.45, 7) is 6.40. The van der Waals surface area contributed by atoms with Crippen molar-refractivity contribution in [3.8, 4) is 11.8 Å². The van der Waals surface area contributed by atoms with E-state index < -0.39 is 0 Å². The number of hydrogen-bond donors (Lipinski definition) is 2. The molecular formula is C13H24N2. The highest BCUT2D eigenvalue weighted by atomic mass is 14.9. The number of nitrogens with one attached hydrogen (secondary N) is 2. The fourth-order valence-electron chi connectivity index (χ4n) is 2.14. The molecule has 0 bridgehead atoms. The van der Waals surface area contributed by atoms with E-state index in [9.17, 15) is 0 Å². The summed E-state index contributed by atoms with van der Waals surface area (Å²) in [5.41, 5.74) is 0. The normalized spacial score (nSPS) is 22.9. The third kappa shape index (κ3) is 5.81. The van der Waals surface area contributed by atoms with Crippen molar-refractivity contribution in [2.45, 2.75) is 58.0 Å². The van der Waals surface area contributed by atoms with Gasteiger partial charge < -0.3 is 10.6 Å². The average molecular weight is 208 g/mol. The van der Waals surface area contributed by atoms with Crippen LogP contribution in [0.1, 0.15) is 46.0 Å². The van der Waals surface area contributed by atoms with Crippen molar-refractivity contribution in [1.29, 1.82) is 0 Å². The Morgan fingerprint density at radius 2 is 2.33 bits per heavy atom. The molecule has 1 rings (SSSR count). The van der Waals surface area contributed by atoms with Gasteiger partial charge in [-0.15, -0.1) is 11.8 Å². The molecule has 2 unspecified atom stereocenters. The Hall–Kier alpha value is -0.520. The van der Waals surface area contributed by atoms with Gasteiger partial charge in [-0.1, -0.05) is 6.42 Å². The van der Waals surface area contributed by atoms with Crippen LogP contribution in [-0.4, -0.2) is 25.2 Å². The maximum absolute atomic E-state index is 3.58. The topological polar surface area (TPSA) is 24.1 Å². The van der Waals surface area contributed by atoms with Crippen LogP contribution in [0, 0.1) is 11.8 Å². The molecule has 2 heteroatoms. The molecule has 0 amide bonds. The first-order valence-corrected chi connectivity index (χ1v) is 6.19. The summed E-state index contributed by atoms with van der Waals surface area (Å²) in [4.78, 5) is 0. The van der Waals surface area contributed by atoms with Gasteiger partial charge in [0, 0.05) is 25.0 Å². The van der Waals surface area contributed by atoms with Gasteiger partial charge in [0.05, 0.1) is 0 Å². The minimum Gasteiger partial charge on any atom is -0.314 e. The second-order valence-corrected chi connectivity index (χ2v) is 4.41. The molecule has 0 radical (unpaired) electrons. The van der Waals surface area contributed by atoms with Gasteiger partial charge in [0.15, 0.2) is 0 Å². The molecule has 1 saturated heterocycles. The first-order chi connectivity index (χ1) is 7.33. The molecule has 0 aromatic rings. The van der Waals surface area contributed by atoms with Crippen molar-refractivity contribution in [3.05, 3.63) is 0 Å². The van der Waals surface area contributed by atoms with Crippen molar-refractivity contribution < 1.29 is 0 Å². The van der Waals surface area contributed by atoms with E-state index in [2.05, 4.69) is 29.4 Å². The monoisotopic (exact) mass is 208 g/mol. The minimum absolute atomic E-state index is 0.610. The van der Waals surface area contributed by atoms with E-state index in [4.69, 9.17) is 0 Å². The van der Waals surface area contributed by atoms with E-state index >= 15 is 0 Å². The summed E-state index contributed by atoms with van der Waals surface area (Å²) in [5, 5.41) is 7.11. The predicted octanol–water partition coefficient (Wildman–Crippen LogP) is 1.91. The molecule has 1 aliphatic rings. The molecule has 1 fully saturated rings. The van der Waals surface area contributed by atoms with Crippen LogP contribution in [0.3, 0.4) is 0 Å². The molecule has 2 N–H and O–H groups in total. The van der Waals surface area contributed by atoms with Crippen molar-refractivity contribution in [1.82, 2.24) is 10.6 Å². The maximum atomic E-state index is 3.58.